The molecule has 7 nitrogen and oxygen atoms in total. The Morgan fingerprint density at radius 1 is 1.10 bits per heavy atom. The van der Waals surface area contributed by atoms with Gasteiger partial charge in [-0.05, 0) is 48.4 Å². The number of hydrogen-bond acceptors (Lipinski definition) is 6. The van der Waals surface area contributed by atoms with Gasteiger partial charge < -0.3 is 9.15 Å². The Kier molecular flexibility index (Phi) is 6.60. The van der Waals surface area contributed by atoms with Crippen LogP contribution in [0.2, 0.25) is 5.02 Å². The molecule has 0 aliphatic rings. The van der Waals surface area contributed by atoms with Crippen molar-refractivity contribution in [2.24, 2.45) is 0 Å². The highest BCUT2D eigenvalue weighted by atomic mass is 35.5. The third kappa shape index (κ3) is 4.72. The van der Waals surface area contributed by atoms with Crippen molar-refractivity contribution in [2.75, 3.05) is 6.54 Å². The van der Waals surface area contributed by atoms with Crippen LogP contribution in [0, 0.1) is 0 Å². The van der Waals surface area contributed by atoms with Crippen molar-refractivity contribution in [1.82, 2.24) is 4.72 Å². The lowest BCUT2D eigenvalue weighted by Crippen LogP contribution is -2.23. The van der Waals surface area contributed by atoms with Crippen LogP contribution in [0.25, 0.3) is 11.0 Å². The zero-order valence-corrected chi connectivity index (χ0v) is 18.0. The minimum absolute atomic E-state index is 0.0499. The molecule has 0 spiro atoms. The smallest absolute Gasteiger partial charge is 0.338 e. The van der Waals surface area contributed by atoms with Gasteiger partial charge in [0.05, 0.1) is 10.5 Å². The van der Waals surface area contributed by atoms with Crippen LogP contribution in [0.1, 0.15) is 35.3 Å². The molecule has 9 heteroatoms. The first kappa shape index (κ1) is 22.0. The van der Waals surface area contributed by atoms with Gasteiger partial charge in [-0.1, -0.05) is 25.4 Å². The summed E-state index contributed by atoms with van der Waals surface area (Å²) >= 11 is 6.27. The molecule has 0 fully saturated rings. The summed E-state index contributed by atoms with van der Waals surface area (Å²) in [5.41, 5.74) is 1.30. The molecule has 0 saturated carbocycles. The molecule has 158 valence electrons. The standard InChI is InChI=1S/C21H20ClNO6S/c1-3-13-9-19-17(11-18(13)22)15(10-20(24)29-19)12-28-21(25)14-5-7-16(8-6-14)30(26,27)23-4-2/h5-11,23H,3-4,12H2,1-2H3. The van der Waals surface area contributed by atoms with Gasteiger partial charge >= 0.3 is 11.6 Å². The Balaban J connectivity index is 1.81. The van der Waals surface area contributed by atoms with Gasteiger partial charge in [-0.3, -0.25) is 0 Å². The number of nitrogens with one attached hydrogen (secondary N) is 1. The average Bonchev–Trinajstić information content (AvgIpc) is 2.71. The van der Waals surface area contributed by atoms with E-state index in [4.69, 9.17) is 20.8 Å². The molecule has 1 aromatic heterocycles. The van der Waals surface area contributed by atoms with Crippen LogP contribution in [-0.4, -0.2) is 20.9 Å². The number of aryl methyl sites for hydroxylation is 1. The first-order chi connectivity index (χ1) is 14.2. The lowest BCUT2D eigenvalue weighted by atomic mass is 10.1. The highest BCUT2D eigenvalue weighted by molar-refractivity contribution is 7.89. The van der Waals surface area contributed by atoms with Crippen LogP contribution < -0.4 is 10.3 Å². The van der Waals surface area contributed by atoms with E-state index in [-0.39, 0.29) is 23.6 Å². The molecule has 0 atom stereocenters. The van der Waals surface area contributed by atoms with Crippen molar-refractivity contribution in [3.63, 3.8) is 0 Å². The number of esters is 1. The Labute approximate surface area is 178 Å². The minimum atomic E-state index is -3.61. The summed E-state index contributed by atoms with van der Waals surface area (Å²) in [6.07, 6.45) is 0.678. The fraction of sp³-hybridized carbons (Fsp3) is 0.238. The second-order valence-corrected chi connectivity index (χ2v) is 8.66. The third-order valence-corrected chi connectivity index (χ3v) is 6.38. The number of fused-ring (bicyclic) bond motifs is 1. The molecule has 2 aromatic carbocycles. The SMILES string of the molecule is CCNS(=O)(=O)c1ccc(C(=O)OCc2cc(=O)oc3cc(CC)c(Cl)cc23)cc1. The topological polar surface area (TPSA) is 103 Å². The van der Waals surface area contributed by atoms with Crippen molar-refractivity contribution in [1.29, 1.82) is 0 Å². The summed E-state index contributed by atoms with van der Waals surface area (Å²) in [5, 5.41) is 1.11. The largest absolute Gasteiger partial charge is 0.457 e. The van der Waals surface area contributed by atoms with Gasteiger partial charge in [0.15, 0.2) is 0 Å². The third-order valence-electron chi connectivity index (χ3n) is 4.47. The van der Waals surface area contributed by atoms with Crippen molar-refractivity contribution in [3.8, 4) is 0 Å². The van der Waals surface area contributed by atoms with E-state index in [0.29, 0.717) is 28.0 Å². The van der Waals surface area contributed by atoms with Gasteiger partial charge in [0.1, 0.15) is 12.2 Å². The monoisotopic (exact) mass is 449 g/mol. The molecule has 1 N–H and O–H groups in total. The Morgan fingerprint density at radius 2 is 1.80 bits per heavy atom. The van der Waals surface area contributed by atoms with E-state index < -0.39 is 21.6 Å². The lowest BCUT2D eigenvalue weighted by Gasteiger charge is -2.10. The predicted molar refractivity (Wildman–Crippen MR) is 113 cm³/mol. The van der Waals surface area contributed by atoms with Crippen LogP contribution in [0.3, 0.4) is 0 Å². The van der Waals surface area contributed by atoms with E-state index in [1.165, 1.54) is 30.3 Å². The summed E-state index contributed by atoms with van der Waals surface area (Å²) in [7, 11) is -3.61. The Hall–Kier alpha value is -2.68. The molecule has 0 aliphatic carbocycles. The van der Waals surface area contributed by atoms with E-state index in [2.05, 4.69) is 4.72 Å². The lowest BCUT2D eigenvalue weighted by molar-refractivity contribution is 0.0473. The molecule has 3 aromatic rings. The van der Waals surface area contributed by atoms with E-state index >= 15 is 0 Å². The van der Waals surface area contributed by atoms with Crippen LogP contribution >= 0.6 is 11.6 Å². The highest BCUT2D eigenvalue weighted by Crippen LogP contribution is 2.26. The summed E-state index contributed by atoms with van der Waals surface area (Å²) in [6, 6.07) is 10.0. The maximum atomic E-state index is 12.4. The zero-order chi connectivity index (χ0) is 21.9. The van der Waals surface area contributed by atoms with Crippen LogP contribution in [0.15, 0.2) is 56.6 Å². The summed E-state index contributed by atoms with van der Waals surface area (Å²) in [4.78, 5) is 24.3. The van der Waals surface area contributed by atoms with E-state index in [1.54, 1.807) is 19.1 Å². The van der Waals surface area contributed by atoms with Crippen molar-refractivity contribution >= 4 is 38.6 Å². The zero-order valence-electron chi connectivity index (χ0n) is 16.4. The van der Waals surface area contributed by atoms with E-state index in [0.717, 1.165) is 5.56 Å². The van der Waals surface area contributed by atoms with Crippen molar-refractivity contribution in [3.05, 3.63) is 74.6 Å². The number of sulfonamides is 1. The number of benzene rings is 2. The quantitative estimate of drug-likeness (QED) is 0.436. The highest BCUT2D eigenvalue weighted by Gasteiger charge is 2.16. The van der Waals surface area contributed by atoms with Crippen molar-refractivity contribution < 1.29 is 22.4 Å². The molecule has 0 unspecified atom stereocenters. The molecule has 3 rings (SSSR count). The summed E-state index contributed by atoms with van der Waals surface area (Å²) in [6.45, 7) is 3.70. The molecular weight excluding hydrogens is 430 g/mol. The normalized spacial score (nSPS) is 11.6. The molecule has 30 heavy (non-hydrogen) atoms. The fourth-order valence-electron chi connectivity index (χ4n) is 2.95. The minimum Gasteiger partial charge on any atom is -0.457 e. The van der Waals surface area contributed by atoms with Crippen LogP contribution in [0.5, 0.6) is 0 Å². The van der Waals surface area contributed by atoms with Gasteiger partial charge in [-0.15, -0.1) is 0 Å². The Bertz CT molecular complexity index is 1250. The van der Waals surface area contributed by atoms with E-state index in [9.17, 15) is 18.0 Å². The van der Waals surface area contributed by atoms with E-state index in [1.807, 2.05) is 6.92 Å². The number of carbonyl (C=O) groups excluding carboxylic acids is 1. The maximum Gasteiger partial charge on any atom is 0.338 e. The second kappa shape index (κ2) is 8.99. The Morgan fingerprint density at radius 3 is 2.43 bits per heavy atom. The molecule has 0 radical (unpaired) electrons. The molecule has 0 amide bonds. The van der Waals surface area contributed by atoms with Gasteiger partial charge in [0.25, 0.3) is 0 Å². The van der Waals surface area contributed by atoms with Gasteiger partial charge in [-0.25, -0.2) is 22.7 Å². The second-order valence-electron chi connectivity index (χ2n) is 6.49. The number of halogens is 1. The number of ether oxygens (including phenoxy) is 1. The first-order valence-corrected chi connectivity index (χ1v) is 11.1. The first-order valence-electron chi connectivity index (χ1n) is 9.27. The summed E-state index contributed by atoms with van der Waals surface area (Å²) < 4.78 is 36.9. The maximum absolute atomic E-state index is 12.4. The van der Waals surface area contributed by atoms with Crippen LogP contribution in [0.4, 0.5) is 0 Å². The number of rotatable bonds is 7. The van der Waals surface area contributed by atoms with Gasteiger partial charge in [0.2, 0.25) is 10.0 Å². The van der Waals surface area contributed by atoms with Gasteiger partial charge in [-0.2, -0.15) is 0 Å². The fourth-order valence-corrected chi connectivity index (χ4v) is 4.29. The molecular formula is C21H20ClNO6S. The summed E-state index contributed by atoms with van der Waals surface area (Å²) in [5.74, 6) is -0.653. The average molecular weight is 450 g/mol. The number of carbonyl (C=O) groups is 1. The predicted octanol–water partition coefficient (Wildman–Crippen LogP) is 3.66. The molecule has 0 bridgehead atoms. The number of hydrogen-bond donors (Lipinski definition) is 1. The van der Waals surface area contributed by atoms with Crippen molar-refractivity contribution in [2.45, 2.75) is 31.8 Å². The van der Waals surface area contributed by atoms with Crippen LogP contribution in [-0.2, 0) is 27.8 Å². The molecule has 0 saturated heterocycles. The van der Waals surface area contributed by atoms with Gasteiger partial charge in [0, 0.05) is 28.6 Å². The molecule has 0 aliphatic heterocycles. The molecule has 1 heterocycles.